The van der Waals surface area contributed by atoms with Gasteiger partial charge in [0, 0.05) is 32.2 Å². The second-order valence-corrected chi connectivity index (χ2v) is 7.43. The van der Waals surface area contributed by atoms with Gasteiger partial charge in [0.2, 0.25) is 10.0 Å². The van der Waals surface area contributed by atoms with Crippen LogP contribution in [0, 0.1) is 0 Å². The number of rotatable bonds is 5. The molecule has 2 rings (SSSR count). The fraction of sp³-hybridized carbons (Fsp3) is 0.667. The molecule has 6 nitrogen and oxygen atoms in total. The molecular formula is C12H20BrN3O3S. The van der Waals surface area contributed by atoms with E-state index in [0.717, 1.165) is 26.1 Å². The van der Waals surface area contributed by atoms with Crippen molar-refractivity contribution in [3.05, 3.63) is 16.5 Å². The molecule has 8 heteroatoms. The molecule has 0 amide bonds. The third kappa shape index (κ3) is 3.25. The van der Waals surface area contributed by atoms with Crippen LogP contribution in [-0.4, -0.2) is 50.3 Å². The molecule has 20 heavy (non-hydrogen) atoms. The first-order valence-corrected chi connectivity index (χ1v) is 8.93. The van der Waals surface area contributed by atoms with E-state index in [2.05, 4.69) is 27.8 Å². The number of furan rings is 1. The quantitative estimate of drug-likeness (QED) is 0.848. The lowest BCUT2D eigenvalue weighted by molar-refractivity contribution is 0.188. The summed E-state index contributed by atoms with van der Waals surface area (Å²) in [5.41, 5.74) is 5.48. The number of nitrogens with two attached hydrogens (primary N) is 1. The normalized spacial score (nSPS) is 18.6. The Kier molecular flexibility index (Phi) is 5.25. The van der Waals surface area contributed by atoms with Gasteiger partial charge < -0.3 is 15.1 Å². The Morgan fingerprint density at radius 3 is 2.50 bits per heavy atom. The molecule has 0 bridgehead atoms. The molecule has 1 fully saturated rings. The van der Waals surface area contributed by atoms with Crippen LogP contribution < -0.4 is 5.73 Å². The fourth-order valence-corrected chi connectivity index (χ4v) is 4.71. The second-order valence-electron chi connectivity index (χ2n) is 4.80. The first kappa shape index (κ1) is 16.0. The highest BCUT2D eigenvalue weighted by atomic mass is 79.9. The van der Waals surface area contributed by atoms with Crippen LogP contribution in [-0.2, 0) is 16.6 Å². The van der Waals surface area contributed by atoms with Gasteiger partial charge in [0.05, 0.1) is 6.54 Å². The molecule has 0 atom stereocenters. The van der Waals surface area contributed by atoms with Crippen molar-refractivity contribution in [1.29, 1.82) is 0 Å². The number of sulfonamides is 1. The summed E-state index contributed by atoms with van der Waals surface area (Å²) in [5.74, 6) is 0.458. The lowest BCUT2D eigenvalue weighted by Gasteiger charge is -2.33. The van der Waals surface area contributed by atoms with Crippen LogP contribution in [0.25, 0.3) is 0 Å². The Hall–Kier alpha value is -0.410. The van der Waals surface area contributed by atoms with Gasteiger partial charge >= 0.3 is 0 Å². The molecule has 0 radical (unpaired) electrons. The molecule has 1 aromatic rings. The predicted octanol–water partition coefficient (Wildman–Crippen LogP) is 1.22. The average Bonchev–Trinajstić information content (AvgIpc) is 2.82. The maximum Gasteiger partial charge on any atom is 0.247 e. The van der Waals surface area contributed by atoms with Crippen molar-refractivity contribution in [1.82, 2.24) is 9.21 Å². The number of hydrogen-bond donors (Lipinski definition) is 1. The maximum absolute atomic E-state index is 12.6. The largest absolute Gasteiger partial charge is 0.452 e. The lowest BCUT2D eigenvalue weighted by atomic mass is 10.3. The summed E-state index contributed by atoms with van der Waals surface area (Å²) in [6.45, 7) is 5.88. The van der Waals surface area contributed by atoms with E-state index in [4.69, 9.17) is 10.2 Å². The SMILES string of the molecule is CCCN1CCN(S(=O)(=O)c2cc(CN)oc2Br)CC1. The Morgan fingerprint density at radius 2 is 2.00 bits per heavy atom. The van der Waals surface area contributed by atoms with Crippen LogP contribution in [0.15, 0.2) is 20.0 Å². The first-order chi connectivity index (χ1) is 9.48. The summed E-state index contributed by atoms with van der Waals surface area (Å²) in [6, 6.07) is 1.50. The topological polar surface area (TPSA) is 79.8 Å². The monoisotopic (exact) mass is 365 g/mol. The van der Waals surface area contributed by atoms with E-state index in [0.29, 0.717) is 18.8 Å². The van der Waals surface area contributed by atoms with Crippen molar-refractivity contribution < 1.29 is 12.8 Å². The van der Waals surface area contributed by atoms with Gasteiger partial charge in [0.15, 0.2) is 4.67 Å². The van der Waals surface area contributed by atoms with Crippen molar-refractivity contribution in [3.8, 4) is 0 Å². The number of hydrogen-bond acceptors (Lipinski definition) is 5. The Bertz CT molecular complexity index is 550. The number of halogens is 1. The molecule has 2 N–H and O–H groups in total. The highest BCUT2D eigenvalue weighted by Gasteiger charge is 2.31. The summed E-state index contributed by atoms with van der Waals surface area (Å²) in [4.78, 5) is 2.45. The summed E-state index contributed by atoms with van der Waals surface area (Å²) in [7, 11) is -3.51. The van der Waals surface area contributed by atoms with E-state index in [1.165, 1.54) is 10.4 Å². The molecule has 2 heterocycles. The van der Waals surface area contributed by atoms with Crippen LogP contribution in [0.3, 0.4) is 0 Å². The fourth-order valence-electron chi connectivity index (χ4n) is 2.32. The van der Waals surface area contributed by atoms with E-state index >= 15 is 0 Å². The van der Waals surface area contributed by atoms with E-state index in [1.54, 1.807) is 0 Å². The van der Waals surface area contributed by atoms with E-state index in [-0.39, 0.29) is 16.1 Å². The van der Waals surface area contributed by atoms with Crippen molar-refractivity contribution in [2.24, 2.45) is 5.73 Å². The minimum atomic E-state index is -3.51. The average molecular weight is 366 g/mol. The van der Waals surface area contributed by atoms with Crippen LogP contribution >= 0.6 is 15.9 Å². The summed E-state index contributed by atoms with van der Waals surface area (Å²) in [6.07, 6.45) is 1.08. The van der Waals surface area contributed by atoms with Gasteiger partial charge in [-0.25, -0.2) is 8.42 Å². The zero-order valence-electron chi connectivity index (χ0n) is 11.5. The second kappa shape index (κ2) is 6.57. The third-order valence-electron chi connectivity index (χ3n) is 3.40. The molecule has 1 aromatic heterocycles. The first-order valence-electron chi connectivity index (χ1n) is 6.69. The zero-order valence-corrected chi connectivity index (χ0v) is 13.9. The summed E-state index contributed by atoms with van der Waals surface area (Å²) >= 11 is 3.16. The third-order valence-corrected chi connectivity index (χ3v) is 6.15. The molecule has 1 aliphatic rings. The maximum atomic E-state index is 12.6. The van der Waals surface area contributed by atoms with Crippen LogP contribution in [0.4, 0.5) is 0 Å². The van der Waals surface area contributed by atoms with Crippen LogP contribution in [0.1, 0.15) is 19.1 Å². The van der Waals surface area contributed by atoms with Gasteiger partial charge in [-0.15, -0.1) is 0 Å². The van der Waals surface area contributed by atoms with Crippen molar-refractivity contribution in [2.75, 3.05) is 32.7 Å². The van der Waals surface area contributed by atoms with Gasteiger partial charge in [-0.3, -0.25) is 0 Å². The van der Waals surface area contributed by atoms with Crippen LogP contribution in [0.2, 0.25) is 0 Å². The van der Waals surface area contributed by atoms with Gasteiger partial charge in [-0.05, 0) is 28.9 Å². The Morgan fingerprint density at radius 1 is 1.35 bits per heavy atom. The highest BCUT2D eigenvalue weighted by molar-refractivity contribution is 9.10. The molecule has 114 valence electrons. The highest BCUT2D eigenvalue weighted by Crippen LogP contribution is 2.29. The molecule has 0 unspecified atom stereocenters. The zero-order chi connectivity index (χ0) is 14.8. The smallest absolute Gasteiger partial charge is 0.247 e. The van der Waals surface area contributed by atoms with Gasteiger partial charge in [0.25, 0.3) is 0 Å². The van der Waals surface area contributed by atoms with E-state index < -0.39 is 10.0 Å². The van der Waals surface area contributed by atoms with Gasteiger partial charge in [-0.1, -0.05) is 6.92 Å². The van der Waals surface area contributed by atoms with Crippen molar-refractivity contribution in [2.45, 2.75) is 24.8 Å². The molecule has 0 saturated carbocycles. The summed E-state index contributed by atoms with van der Waals surface area (Å²) in [5, 5.41) is 0. The molecule has 0 aromatic carbocycles. The molecular weight excluding hydrogens is 346 g/mol. The van der Waals surface area contributed by atoms with Gasteiger partial charge in [-0.2, -0.15) is 4.31 Å². The molecule has 1 aliphatic heterocycles. The van der Waals surface area contributed by atoms with Crippen molar-refractivity contribution in [3.63, 3.8) is 0 Å². The summed E-state index contributed by atoms with van der Waals surface area (Å²) < 4.78 is 32.2. The number of nitrogens with zero attached hydrogens (tertiary/aromatic N) is 2. The molecule has 0 spiro atoms. The van der Waals surface area contributed by atoms with Crippen molar-refractivity contribution >= 4 is 26.0 Å². The standard InChI is InChI=1S/C12H20BrN3O3S/c1-2-3-15-4-6-16(7-5-15)20(17,18)11-8-10(9-14)19-12(11)13/h8H,2-7,9,14H2,1H3. The molecule has 0 aliphatic carbocycles. The van der Waals surface area contributed by atoms with Crippen LogP contribution in [0.5, 0.6) is 0 Å². The van der Waals surface area contributed by atoms with E-state index in [9.17, 15) is 8.42 Å². The minimum Gasteiger partial charge on any atom is -0.452 e. The number of piperazine rings is 1. The molecule has 1 saturated heterocycles. The van der Waals surface area contributed by atoms with Gasteiger partial charge in [0.1, 0.15) is 10.7 Å². The minimum absolute atomic E-state index is 0.168. The van der Waals surface area contributed by atoms with E-state index in [1.807, 2.05) is 0 Å². The Labute approximate surface area is 128 Å². The Balaban J connectivity index is 2.13. The predicted molar refractivity (Wildman–Crippen MR) is 79.8 cm³/mol. The lowest BCUT2D eigenvalue weighted by Crippen LogP contribution is -2.48.